The lowest BCUT2D eigenvalue weighted by Gasteiger charge is -2.38. The minimum absolute atomic E-state index is 0. The summed E-state index contributed by atoms with van der Waals surface area (Å²) in [6.07, 6.45) is 6.03. The summed E-state index contributed by atoms with van der Waals surface area (Å²) in [6.45, 7) is 8.15. The lowest BCUT2D eigenvalue weighted by atomic mass is 9.66. The molecular formula is C20H31ClN2O3. The summed E-state index contributed by atoms with van der Waals surface area (Å²) in [7, 11) is 0. The first-order chi connectivity index (χ1) is 11.8. The molecule has 0 unspecified atom stereocenters. The molecule has 3 aliphatic rings. The lowest BCUT2D eigenvalue weighted by Crippen LogP contribution is -2.26. The number of carboxylic acids is 1. The topological polar surface area (TPSA) is 75.4 Å². The molecule has 3 fully saturated rings. The van der Waals surface area contributed by atoms with Crippen LogP contribution in [0.1, 0.15) is 87.6 Å². The van der Waals surface area contributed by atoms with Gasteiger partial charge in [-0.05, 0) is 49.4 Å². The van der Waals surface area contributed by atoms with Crippen LogP contribution in [-0.2, 0) is 4.79 Å². The van der Waals surface area contributed by atoms with E-state index in [4.69, 9.17) is 4.52 Å². The minimum Gasteiger partial charge on any atom is -0.481 e. The van der Waals surface area contributed by atoms with Gasteiger partial charge in [0.25, 0.3) is 0 Å². The zero-order valence-corrected chi connectivity index (χ0v) is 16.8. The van der Waals surface area contributed by atoms with Gasteiger partial charge in [0.2, 0.25) is 0 Å². The highest BCUT2D eigenvalue weighted by Gasteiger charge is 2.45. The number of carbonyl (C=O) groups is 1. The van der Waals surface area contributed by atoms with E-state index in [1.54, 1.807) is 0 Å². The van der Waals surface area contributed by atoms with Gasteiger partial charge >= 0.3 is 5.97 Å². The van der Waals surface area contributed by atoms with Gasteiger partial charge in [-0.2, -0.15) is 0 Å². The fraction of sp³-hybridized carbons (Fsp3) is 0.800. The van der Waals surface area contributed by atoms with E-state index in [2.05, 4.69) is 31.2 Å². The molecule has 5 nitrogen and oxygen atoms in total. The number of aliphatic carboxylic acids is 1. The zero-order valence-electron chi connectivity index (χ0n) is 16.0. The Morgan fingerprint density at radius 3 is 2.50 bits per heavy atom. The Kier molecular flexibility index (Phi) is 5.42. The van der Waals surface area contributed by atoms with Crippen LogP contribution in [0.15, 0.2) is 4.52 Å². The first-order valence-corrected chi connectivity index (χ1v) is 9.76. The fourth-order valence-corrected chi connectivity index (χ4v) is 4.88. The molecule has 1 aliphatic heterocycles. The fourth-order valence-electron chi connectivity index (χ4n) is 4.88. The van der Waals surface area contributed by atoms with Crippen LogP contribution in [0.3, 0.4) is 0 Å². The number of hydrogen-bond acceptors (Lipinski definition) is 4. The summed E-state index contributed by atoms with van der Waals surface area (Å²) in [4.78, 5) is 11.6. The number of hydrogen-bond donors (Lipinski definition) is 2. The van der Waals surface area contributed by atoms with Gasteiger partial charge in [0.1, 0.15) is 5.76 Å². The number of rotatable bonds is 5. The Hall–Kier alpha value is -1.07. The van der Waals surface area contributed by atoms with Gasteiger partial charge in [0.05, 0.1) is 11.6 Å². The minimum atomic E-state index is -0.727. The summed E-state index contributed by atoms with van der Waals surface area (Å²) in [5, 5.41) is 17.1. The summed E-state index contributed by atoms with van der Waals surface area (Å²) in [5.74, 6) is 1.75. The molecule has 0 bridgehead atoms. The van der Waals surface area contributed by atoms with Crippen LogP contribution in [0.25, 0.3) is 0 Å². The van der Waals surface area contributed by atoms with E-state index in [0.717, 1.165) is 17.4 Å². The third kappa shape index (κ3) is 3.79. The van der Waals surface area contributed by atoms with Crippen molar-refractivity contribution in [2.45, 2.75) is 70.6 Å². The van der Waals surface area contributed by atoms with E-state index in [1.165, 1.54) is 37.7 Å². The molecule has 0 amide bonds. The van der Waals surface area contributed by atoms with Crippen LogP contribution in [0.4, 0.5) is 0 Å². The molecule has 2 heterocycles. The molecule has 0 radical (unpaired) electrons. The third-order valence-electron chi connectivity index (χ3n) is 6.16. The van der Waals surface area contributed by atoms with Gasteiger partial charge in [-0.15, -0.1) is 12.4 Å². The van der Waals surface area contributed by atoms with Crippen molar-refractivity contribution >= 4 is 18.4 Å². The number of aromatic nitrogens is 1. The highest BCUT2D eigenvalue weighted by atomic mass is 35.5. The average molecular weight is 383 g/mol. The summed E-state index contributed by atoms with van der Waals surface area (Å²) >= 11 is 0. The third-order valence-corrected chi connectivity index (χ3v) is 6.16. The molecule has 6 heteroatoms. The van der Waals surface area contributed by atoms with Gasteiger partial charge in [-0.25, -0.2) is 0 Å². The van der Waals surface area contributed by atoms with E-state index in [-0.39, 0.29) is 24.2 Å². The molecule has 2 saturated carbocycles. The van der Waals surface area contributed by atoms with E-state index in [1.807, 2.05) is 0 Å². The smallest absolute Gasteiger partial charge is 0.308 e. The van der Waals surface area contributed by atoms with Crippen LogP contribution in [-0.4, -0.2) is 29.3 Å². The Morgan fingerprint density at radius 1 is 1.23 bits per heavy atom. The van der Waals surface area contributed by atoms with Crippen LogP contribution in [0, 0.1) is 17.3 Å². The molecule has 1 saturated heterocycles. The second-order valence-electron chi connectivity index (χ2n) is 9.63. The molecule has 1 aromatic rings. The van der Waals surface area contributed by atoms with Gasteiger partial charge in [0, 0.05) is 30.5 Å². The predicted molar refractivity (Wildman–Crippen MR) is 102 cm³/mol. The standard InChI is InChI=1S/C20H30N2O3.ClH/c1-20(2,3)8-11-6-13(7-11)18-16(12-4-5-12)17(22-25-18)14-9-21-10-15(14)19(23)24;/h11-15,21H,4-10H2,1-3H3,(H,23,24);1H/t11?,13?,14-,15-;/m0./s1. The second kappa shape index (κ2) is 7.16. The van der Waals surface area contributed by atoms with E-state index in [9.17, 15) is 9.90 Å². The number of halogens is 1. The summed E-state index contributed by atoms with van der Waals surface area (Å²) in [5.41, 5.74) is 2.60. The lowest BCUT2D eigenvalue weighted by molar-refractivity contribution is -0.141. The molecule has 0 aromatic carbocycles. The van der Waals surface area contributed by atoms with Crippen molar-refractivity contribution < 1.29 is 14.4 Å². The molecule has 26 heavy (non-hydrogen) atoms. The molecule has 146 valence electrons. The SMILES string of the molecule is CC(C)(C)CC1CC(c2onc([C@H]3CNC[C@@H]3C(=O)O)c2C2CC2)C1.Cl. The van der Waals surface area contributed by atoms with Gasteiger partial charge in [-0.3, -0.25) is 4.79 Å². The normalized spacial score (nSPS) is 31.3. The van der Waals surface area contributed by atoms with Crippen LogP contribution in [0.2, 0.25) is 0 Å². The molecular weight excluding hydrogens is 352 g/mol. The largest absolute Gasteiger partial charge is 0.481 e. The Bertz CT molecular complexity index is 657. The highest BCUT2D eigenvalue weighted by molar-refractivity contribution is 5.85. The Balaban J connectivity index is 0.00000196. The monoisotopic (exact) mass is 382 g/mol. The predicted octanol–water partition coefficient (Wildman–Crippen LogP) is 4.29. The van der Waals surface area contributed by atoms with Crippen molar-refractivity contribution in [1.29, 1.82) is 0 Å². The van der Waals surface area contributed by atoms with Crippen molar-refractivity contribution in [3.05, 3.63) is 17.0 Å². The van der Waals surface area contributed by atoms with Crippen LogP contribution in [0.5, 0.6) is 0 Å². The van der Waals surface area contributed by atoms with Crippen LogP contribution >= 0.6 is 12.4 Å². The molecule has 4 rings (SSSR count). The highest BCUT2D eigenvalue weighted by Crippen LogP contribution is 2.53. The van der Waals surface area contributed by atoms with E-state index in [0.29, 0.717) is 30.3 Å². The van der Waals surface area contributed by atoms with Crippen molar-refractivity contribution in [2.24, 2.45) is 17.3 Å². The summed E-state index contributed by atoms with van der Waals surface area (Å²) < 4.78 is 5.85. The van der Waals surface area contributed by atoms with Crippen LogP contribution < -0.4 is 5.32 Å². The average Bonchev–Trinajstić information content (AvgIpc) is 3.04. The number of carboxylic acid groups (broad SMARTS) is 1. The van der Waals surface area contributed by atoms with Gasteiger partial charge < -0.3 is 14.9 Å². The van der Waals surface area contributed by atoms with Crippen molar-refractivity contribution in [3.8, 4) is 0 Å². The molecule has 2 N–H and O–H groups in total. The van der Waals surface area contributed by atoms with E-state index < -0.39 is 5.97 Å². The number of nitrogens with one attached hydrogen (secondary N) is 1. The molecule has 0 spiro atoms. The Labute approximate surface area is 161 Å². The van der Waals surface area contributed by atoms with Gasteiger partial charge in [-0.1, -0.05) is 25.9 Å². The second-order valence-corrected chi connectivity index (χ2v) is 9.63. The maximum Gasteiger partial charge on any atom is 0.308 e. The van der Waals surface area contributed by atoms with Crippen molar-refractivity contribution in [2.75, 3.05) is 13.1 Å². The quantitative estimate of drug-likeness (QED) is 0.794. The molecule has 1 aromatic heterocycles. The van der Waals surface area contributed by atoms with Crippen molar-refractivity contribution in [1.82, 2.24) is 10.5 Å². The molecule has 2 atom stereocenters. The maximum atomic E-state index is 11.6. The molecule has 2 aliphatic carbocycles. The maximum absolute atomic E-state index is 11.6. The first-order valence-electron chi connectivity index (χ1n) is 9.76. The van der Waals surface area contributed by atoms with Crippen molar-refractivity contribution in [3.63, 3.8) is 0 Å². The van der Waals surface area contributed by atoms with Gasteiger partial charge in [0.15, 0.2) is 0 Å². The van der Waals surface area contributed by atoms with E-state index >= 15 is 0 Å². The first kappa shape index (κ1) is 19.7. The zero-order chi connectivity index (χ0) is 17.8. The number of nitrogens with zero attached hydrogens (tertiary/aromatic N) is 1. The summed E-state index contributed by atoms with van der Waals surface area (Å²) in [6, 6.07) is 0. The Morgan fingerprint density at radius 2 is 1.92 bits per heavy atom.